The van der Waals surface area contributed by atoms with Crippen molar-refractivity contribution in [3.05, 3.63) is 42.2 Å². The Kier molecular flexibility index (Phi) is 6.56. The Morgan fingerprint density at radius 2 is 1.93 bits per heavy atom. The molecule has 0 spiro atoms. The number of nitrogens with zero attached hydrogens (tertiary/aromatic N) is 4. The molecule has 1 fully saturated rings. The van der Waals surface area contributed by atoms with Crippen molar-refractivity contribution in [2.24, 2.45) is 0 Å². The van der Waals surface area contributed by atoms with Crippen molar-refractivity contribution < 1.29 is 9.53 Å². The molecule has 0 radical (unpaired) electrons. The van der Waals surface area contributed by atoms with Crippen molar-refractivity contribution in [3.63, 3.8) is 0 Å². The van der Waals surface area contributed by atoms with E-state index >= 15 is 0 Å². The van der Waals surface area contributed by atoms with Gasteiger partial charge in [-0.2, -0.15) is 0 Å². The predicted octanol–water partition coefficient (Wildman–Crippen LogP) is 1.54. The van der Waals surface area contributed by atoms with Gasteiger partial charge in [-0.05, 0) is 30.3 Å². The van der Waals surface area contributed by atoms with Crippen LogP contribution >= 0.6 is 0 Å². The van der Waals surface area contributed by atoms with E-state index in [1.807, 2.05) is 43.3 Å². The summed E-state index contributed by atoms with van der Waals surface area (Å²) < 4.78 is 5.34. The van der Waals surface area contributed by atoms with Gasteiger partial charge >= 0.3 is 0 Å². The Morgan fingerprint density at radius 3 is 2.63 bits per heavy atom. The van der Waals surface area contributed by atoms with Crippen LogP contribution in [-0.2, 0) is 4.74 Å². The van der Waals surface area contributed by atoms with E-state index in [-0.39, 0.29) is 5.91 Å². The van der Waals surface area contributed by atoms with Crippen molar-refractivity contribution in [3.8, 4) is 0 Å². The van der Waals surface area contributed by atoms with Gasteiger partial charge in [0.2, 0.25) is 5.95 Å². The topological polar surface area (TPSA) is 82.6 Å². The second-order valence-electron chi connectivity index (χ2n) is 6.54. The third-order valence-corrected chi connectivity index (χ3v) is 4.34. The summed E-state index contributed by atoms with van der Waals surface area (Å²) in [5.41, 5.74) is 2.13. The predicted molar refractivity (Wildman–Crippen MR) is 107 cm³/mol. The SMILES string of the molecule is CN(C)c1ccc(NC(=O)c2ccnc(NCCN3CCOCC3)n2)cc1. The van der Waals surface area contributed by atoms with E-state index in [1.165, 1.54) is 0 Å². The van der Waals surface area contributed by atoms with Crippen LogP contribution in [0.25, 0.3) is 0 Å². The van der Waals surface area contributed by atoms with E-state index in [0.717, 1.165) is 50.8 Å². The fourth-order valence-electron chi connectivity index (χ4n) is 2.76. The molecule has 1 saturated heterocycles. The van der Waals surface area contributed by atoms with Gasteiger partial charge in [0.25, 0.3) is 5.91 Å². The van der Waals surface area contributed by atoms with Crippen molar-refractivity contribution in [2.45, 2.75) is 0 Å². The Bertz CT molecular complexity index is 744. The van der Waals surface area contributed by atoms with Gasteiger partial charge in [-0.15, -0.1) is 0 Å². The zero-order valence-corrected chi connectivity index (χ0v) is 15.8. The van der Waals surface area contributed by atoms with Gasteiger partial charge < -0.3 is 20.3 Å². The molecule has 8 heteroatoms. The Hall–Kier alpha value is -2.71. The minimum Gasteiger partial charge on any atom is -0.379 e. The number of morpholine rings is 1. The maximum atomic E-state index is 12.4. The normalized spacial score (nSPS) is 14.6. The second kappa shape index (κ2) is 9.29. The van der Waals surface area contributed by atoms with Gasteiger partial charge in [-0.25, -0.2) is 9.97 Å². The summed E-state index contributed by atoms with van der Waals surface area (Å²) in [7, 11) is 3.95. The van der Waals surface area contributed by atoms with Crippen LogP contribution in [0.2, 0.25) is 0 Å². The second-order valence-corrected chi connectivity index (χ2v) is 6.54. The summed E-state index contributed by atoms with van der Waals surface area (Å²) in [6.07, 6.45) is 1.59. The first-order valence-electron chi connectivity index (χ1n) is 9.07. The van der Waals surface area contributed by atoms with Crippen LogP contribution in [0.3, 0.4) is 0 Å². The molecule has 8 nitrogen and oxygen atoms in total. The van der Waals surface area contributed by atoms with Crippen LogP contribution in [0.15, 0.2) is 36.5 Å². The third kappa shape index (κ3) is 5.63. The average molecular weight is 370 g/mol. The third-order valence-electron chi connectivity index (χ3n) is 4.34. The first-order valence-corrected chi connectivity index (χ1v) is 9.07. The number of aromatic nitrogens is 2. The van der Waals surface area contributed by atoms with Crippen LogP contribution < -0.4 is 15.5 Å². The highest BCUT2D eigenvalue weighted by atomic mass is 16.5. The number of ether oxygens (including phenoxy) is 1. The fourth-order valence-corrected chi connectivity index (χ4v) is 2.76. The largest absolute Gasteiger partial charge is 0.379 e. The van der Waals surface area contributed by atoms with Crippen molar-refractivity contribution >= 4 is 23.2 Å². The lowest BCUT2D eigenvalue weighted by molar-refractivity contribution is 0.0398. The number of anilines is 3. The first-order chi connectivity index (χ1) is 13.1. The fraction of sp³-hybridized carbons (Fsp3) is 0.421. The Labute approximate surface area is 159 Å². The number of rotatable bonds is 7. The molecule has 3 rings (SSSR count). The van der Waals surface area contributed by atoms with Crippen LogP contribution in [0.1, 0.15) is 10.5 Å². The summed E-state index contributed by atoms with van der Waals surface area (Å²) >= 11 is 0. The van der Waals surface area contributed by atoms with Crippen LogP contribution in [-0.4, -0.2) is 74.3 Å². The van der Waals surface area contributed by atoms with Gasteiger partial charge in [0.1, 0.15) is 5.69 Å². The zero-order chi connectivity index (χ0) is 19.1. The minimum atomic E-state index is -0.258. The summed E-state index contributed by atoms with van der Waals surface area (Å²) in [5, 5.41) is 6.04. The molecular formula is C19H26N6O2. The molecular weight excluding hydrogens is 344 g/mol. The Balaban J connectivity index is 1.53. The highest BCUT2D eigenvalue weighted by Gasteiger charge is 2.11. The molecule has 1 aliphatic heterocycles. The highest BCUT2D eigenvalue weighted by molar-refractivity contribution is 6.03. The number of carbonyl (C=O) groups is 1. The van der Waals surface area contributed by atoms with E-state index in [1.54, 1.807) is 12.3 Å². The van der Waals surface area contributed by atoms with Crippen LogP contribution in [0, 0.1) is 0 Å². The minimum absolute atomic E-state index is 0.258. The molecule has 2 aromatic rings. The molecule has 0 saturated carbocycles. The lowest BCUT2D eigenvalue weighted by Gasteiger charge is -2.26. The Morgan fingerprint density at radius 1 is 1.19 bits per heavy atom. The van der Waals surface area contributed by atoms with E-state index < -0.39 is 0 Å². The molecule has 1 amide bonds. The van der Waals surface area contributed by atoms with Gasteiger partial charge in [0, 0.05) is 57.8 Å². The van der Waals surface area contributed by atoms with E-state index in [4.69, 9.17) is 4.74 Å². The van der Waals surface area contributed by atoms with Crippen LogP contribution in [0.5, 0.6) is 0 Å². The maximum Gasteiger partial charge on any atom is 0.274 e. The molecule has 0 atom stereocenters. The zero-order valence-electron chi connectivity index (χ0n) is 15.8. The molecule has 0 aliphatic carbocycles. The molecule has 27 heavy (non-hydrogen) atoms. The number of amides is 1. The van der Waals surface area contributed by atoms with E-state index in [2.05, 4.69) is 25.5 Å². The molecule has 2 heterocycles. The number of nitrogens with one attached hydrogen (secondary N) is 2. The highest BCUT2D eigenvalue weighted by Crippen LogP contribution is 2.16. The molecule has 0 bridgehead atoms. The standard InChI is InChI=1S/C19H26N6O2/c1-24(2)16-5-3-15(4-6-16)22-18(26)17-7-8-20-19(23-17)21-9-10-25-11-13-27-14-12-25/h3-8H,9-14H2,1-2H3,(H,22,26)(H,20,21,23). The number of hydrogen-bond acceptors (Lipinski definition) is 7. The van der Waals surface area contributed by atoms with Crippen molar-refractivity contribution in [1.82, 2.24) is 14.9 Å². The van der Waals surface area contributed by atoms with E-state index in [9.17, 15) is 4.79 Å². The average Bonchev–Trinajstić information content (AvgIpc) is 2.69. The number of benzene rings is 1. The first kappa shape index (κ1) is 19.1. The van der Waals surface area contributed by atoms with Crippen LogP contribution in [0.4, 0.5) is 17.3 Å². The van der Waals surface area contributed by atoms with Gasteiger partial charge in [-0.3, -0.25) is 9.69 Å². The quantitative estimate of drug-likeness (QED) is 0.765. The molecule has 1 aromatic heterocycles. The number of carbonyl (C=O) groups excluding carboxylic acids is 1. The lowest BCUT2D eigenvalue weighted by Crippen LogP contribution is -2.39. The summed E-state index contributed by atoms with van der Waals surface area (Å²) in [5.74, 6) is 0.199. The maximum absolute atomic E-state index is 12.4. The van der Waals surface area contributed by atoms with Crippen molar-refractivity contribution in [1.29, 1.82) is 0 Å². The number of hydrogen-bond donors (Lipinski definition) is 2. The summed E-state index contributed by atoms with van der Waals surface area (Å²) in [4.78, 5) is 25.3. The molecule has 1 aliphatic rings. The summed E-state index contributed by atoms with van der Waals surface area (Å²) in [6.45, 7) is 5.05. The van der Waals surface area contributed by atoms with E-state index in [0.29, 0.717) is 11.6 Å². The molecule has 144 valence electrons. The molecule has 1 aromatic carbocycles. The monoisotopic (exact) mass is 370 g/mol. The van der Waals surface area contributed by atoms with Gasteiger partial charge in [0.15, 0.2) is 0 Å². The van der Waals surface area contributed by atoms with Gasteiger partial charge in [-0.1, -0.05) is 0 Å². The summed E-state index contributed by atoms with van der Waals surface area (Å²) in [6, 6.07) is 9.25. The van der Waals surface area contributed by atoms with Gasteiger partial charge in [0.05, 0.1) is 13.2 Å². The molecule has 0 unspecified atom stereocenters. The van der Waals surface area contributed by atoms with Crippen molar-refractivity contribution in [2.75, 3.05) is 69.0 Å². The lowest BCUT2D eigenvalue weighted by atomic mass is 10.2. The smallest absolute Gasteiger partial charge is 0.274 e. The molecule has 2 N–H and O–H groups in total.